The number of carbonyl (C=O) groups excluding carboxylic acids is 1. The average Bonchev–Trinajstić information content (AvgIpc) is 3.19. The SMILES string of the molecule is CCCn1c(=NC(=O)c2sc3ccccc3c2Cl)sc2cc(S(N)(=O)=O)ccc21. The first-order chi connectivity index (χ1) is 13.8. The van der Waals surface area contributed by atoms with Gasteiger partial charge in [0.15, 0.2) is 4.80 Å². The summed E-state index contributed by atoms with van der Waals surface area (Å²) in [5, 5.41) is 6.47. The molecule has 4 aromatic rings. The van der Waals surface area contributed by atoms with Gasteiger partial charge in [0.1, 0.15) is 4.88 Å². The second-order valence-corrected chi connectivity index (χ2v) is 10.4. The summed E-state index contributed by atoms with van der Waals surface area (Å²) in [6.45, 7) is 2.66. The molecule has 0 radical (unpaired) electrons. The summed E-state index contributed by atoms with van der Waals surface area (Å²) in [7, 11) is -3.81. The minimum atomic E-state index is -3.81. The maximum atomic E-state index is 12.9. The van der Waals surface area contributed by atoms with E-state index in [9.17, 15) is 13.2 Å². The van der Waals surface area contributed by atoms with Crippen LogP contribution in [0.3, 0.4) is 0 Å². The van der Waals surface area contributed by atoms with Crippen LogP contribution in [-0.2, 0) is 16.6 Å². The fraction of sp³-hybridized carbons (Fsp3) is 0.158. The quantitative estimate of drug-likeness (QED) is 0.484. The van der Waals surface area contributed by atoms with E-state index in [0.717, 1.165) is 22.0 Å². The molecule has 1 amide bonds. The molecule has 0 spiro atoms. The Balaban J connectivity index is 1.88. The molecule has 0 aliphatic carbocycles. The van der Waals surface area contributed by atoms with Crippen molar-refractivity contribution in [2.24, 2.45) is 10.1 Å². The molecular weight excluding hydrogens is 450 g/mol. The number of benzene rings is 2. The number of hydrogen-bond acceptors (Lipinski definition) is 5. The van der Waals surface area contributed by atoms with Gasteiger partial charge < -0.3 is 4.57 Å². The second kappa shape index (κ2) is 7.66. The van der Waals surface area contributed by atoms with Crippen molar-refractivity contribution in [3.8, 4) is 0 Å². The highest BCUT2D eigenvalue weighted by molar-refractivity contribution is 7.89. The van der Waals surface area contributed by atoms with E-state index >= 15 is 0 Å². The van der Waals surface area contributed by atoms with Crippen molar-refractivity contribution in [2.45, 2.75) is 24.8 Å². The highest BCUT2D eigenvalue weighted by atomic mass is 35.5. The van der Waals surface area contributed by atoms with Gasteiger partial charge in [0.05, 0.1) is 20.1 Å². The van der Waals surface area contributed by atoms with Crippen LogP contribution in [0.4, 0.5) is 0 Å². The Labute approximate surface area is 179 Å². The smallest absolute Gasteiger partial charge is 0.291 e. The van der Waals surface area contributed by atoms with E-state index in [1.807, 2.05) is 35.8 Å². The number of sulfonamides is 1. The first-order valence-corrected chi connectivity index (χ1v) is 12.3. The first kappa shape index (κ1) is 20.2. The Bertz CT molecular complexity index is 1430. The number of thiophene rings is 1. The second-order valence-electron chi connectivity index (χ2n) is 6.37. The van der Waals surface area contributed by atoms with Gasteiger partial charge in [0.2, 0.25) is 10.0 Å². The minimum Gasteiger partial charge on any atom is -0.316 e. The number of nitrogens with zero attached hydrogens (tertiary/aromatic N) is 2. The highest BCUT2D eigenvalue weighted by Gasteiger charge is 2.18. The standard InChI is InChI=1S/C19H16ClN3O3S3/c1-2-9-23-13-8-7-11(29(21,25)26)10-15(13)28-19(23)22-18(24)17-16(20)12-5-3-4-6-14(12)27-17/h3-8,10H,2,9H2,1H3,(H2,21,25,26). The van der Waals surface area contributed by atoms with Crippen molar-refractivity contribution in [3.05, 3.63) is 57.2 Å². The molecule has 0 atom stereocenters. The molecule has 10 heteroatoms. The largest absolute Gasteiger partial charge is 0.316 e. The number of aryl methyl sites for hydroxylation is 1. The maximum Gasteiger partial charge on any atom is 0.291 e. The molecule has 0 bridgehead atoms. The van der Waals surface area contributed by atoms with E-state index in [2.05, 4.69) is 4.99 Å². The van der Waals surface area contributed by atoms with Crippen LogP contribution in [0.15, 0.2) is 52.4 Å². The summed E-state index contributed by atoms with van der Waals surface area (Å²) in [5.74, 6) is -0.417. The zero-order valence-corrected chi connectivity index (χ0v) is 18.5. The molecule has 0 saturated carbocycles. The van der Waals surface area contributed by atoms with Gasteiger partial charge in [-0.05, 0) is 30.7 Å². The van der Waals surface area contributed by atoms with Crippen LogP contribution in [0.5, 0.6) is 0 Å². The molecule has 0 unspecified atom stereocenters. The molecule has 0 aliphatic rings. The number of amides is 1. The third-order valence-electron chi connectivity index (χ3n) is 4.36. The lowest BCUT2D eigenvalue weighted by atomic mass is 10.2. The summed E-state index contributed by atoms with van der Waals surface area (Å²) < 4.78 is 26.9. The zero-order chi connectivity index (χ0) is 20.8. The predicted octanol–water partition coefficient (Wildman–Crippen LogP) is 4.37. The zero-order valence-electron chi connectivity index (χ0n) is 15.3. The normalized spacial score (nSPS) is 12.9. The van der Waals surface area contributed by atoms with Gasteiger partial charge in [-0.1, -0.05) is 48.1 Å². The van der Waals surface area contributed by atoms with Crippen LogP contribution in [0.2, 0.25) is 5.02 Å². The number of fused-ring (bicyclic) bond motifs is 2. The highest BCUT2D eigenvalue weighted by Crippen LogP contribution is 2.35. The number of thiazole rings is 1. The van der Waals surface area contributed by atoms with Gasteiger partial charge in [-0.2, -0.15) is 4.99 Å². The van der Waals surface area contributed by atoms with Crippen LogP contribution < -0.4 is 9.94 Å². The fourth-order valence-corrected chi connectivity index (χ4v) is 6.15. The summed E-state index contributed by atoms with van der Waals surface area (Å²) in [6.07, 6.45) is 0.827. The Morgan fingerprint density at radius 2 is 1.93 bits per heavy atom. The van der Waals surface area contributed by atoms with Crippen LogP contribution in [0.1, 0.15) is 23.0 Å². The molecule has 2 aromatic carbocycles. The topological polar surface area (TPSA) is 94.5 Å². The summed E-state index contributed by atoms with van der Waals surface area (Å²) in [4.78, 5) is 18.1. The fourth-order valence-electron chi connectivity index (χ4n) is 3.04. The molecule has 0 fully saturated rings. The molecule has 0 aliphatic heterocycles. The number of rotatable bonds is 4. The molecule has 2 N–H and O–H groups in total. The van der Waals surface area contributed by atoms with E-state index in [1.54, 1.807) is 6.07 Å². The lowest BCUT2D eigenvalue weighted by Crippen LogP contribution is -2.16. The van der Waals surface area contributed by atoms with Gasteiger partial charge in [-0.25, -0.2) is 13.6 Å². The monoisotopic (exact) mass is 465 g/mol. The molecular formula is C19H16ClN3O3S3. The van der Waals surface area contributed by atoms with Gasteiger partial charge in [0, 0.05) is 16.6 Å². The van der Waals surface area contributed by atoms with Gasteiger partial charge in [0.25, 0.3) is 5.91 Å². The lowest BCUT2D eigenvalue weighted by Gasteiger charge is -2.03. The van der Waals surface area contributed by atoms with Crippen LogP contribution in [0.25, 0.3) is 20.3 Å². The average molecular weight is 466 g/mol. The Kier molecular flexibility index (Phi) is 5.34. The summed E-state index contributed by atoms with van der Waals surface area (Å²) >= 11 is 8.97. The Morgan fingerprint density at radius 1 is 1.17 bits per heavy atom. The summed E-state index contributed by atoms with van der Waals surface area (Å²) in [6, 6.07) is 12.2. The van der Waals surface area contributed by atoms with E-state index in [0.29, 0.717) is 25.9 Å². The van der Waals surface area contributed by atoms with Crippen LogP contribution >= 0.6 is 34.3 Å². The summed E-state index contributed by atoms with van der Waals surface area (Å²) in [5.41, 5.74) is 0.804. The number of nitrogens with two attached hydrogens (primary N) is 1. The minimum absolute atomic E-state index is 0.0281. The third-order valence-corrected chi connectivity index (χ3v) is 7.97. The van der Waals surface area contributed by atoms with Crippen molar-refractivity contribution < 1.29 is 13.2 Å². The number of hydrogen-bond donors (Lipinski definition) is 1. The number of halogens is 1. The van der Waals surface area contributed by atoms with Crippen molar-refractivity contribution in [2.75, 3.05) is 0 Å². The molecule has 6 nitrogen and oxygen atoms in total. The number of aromatic nitrogens is 1. The van der Waals surface area contributed by atoms with Crippen molar-refractivity contribution in [1.29, 1.82) is 0 Å². The van der Waals surface area contributed by atoms with Crippen LogP contribution in [-0.4, -0.2) is 18.9 Å². The third kappa shape index (κ3) is 3.76. The molecule has 4 rings (SSSR count). The first-order valence-electron chi connectivity index (χ1n) is 8.72. The maximum absolute atomic E-state index is 12.9. The van der Waals surface area contributed by atoms with E-state index in [4.69, 9.17) is 16.7 Å². The van der Waals surface area contributed by atoms with Gasteiger partial charge in [-0.3, -0.25) is 4.79 Å². The predicted molar refractivity (Wildman–Crippen MR) is 118 cm³/mol. The van der Waals surface area contributed by atoms with Crippen LogP contribution in [0, 0.1) is 0 Å². The van der Waals surface area contributed by atoms with E-state index < -0.39 is 15.9 Å². The molecule has 2 heterocycles. The van der Waals surface area contributed by atoms with E-state index in [1.165, 1.54) is 34.8 Å². The van der Waals surface area contributed by atoms with Crippen molar-refractivity contribution in [3.63, 3.8) is 0 Å². The molecule has 150 valence electrons. The molecule has 29 heavy (non-hydrogen) atoms. The number of carbonyl (C=O) groups is 1. The Hall–Kier alpha value is -2.04. The lowest BCUT2D eigenvalue weighted by molar-refractivity contribution is 0.100. The van der Waals surface area contributed by atoms with Gasteiger partial charge >= 0.3 is 0 Å². The van der Waals surface area contributed by atoms with Gasteiger partial charge in [-0.15, -0.1) is 11.3 Å². The van der Waals surface area contributed by atoms with Crippen molar-refractivity contribution in [1.82, 2.24) is 4.57 Å². The number of primary sulfonamides is 1. The Morgan fingerprint density at radius 3 is 2.62 bits per heavy atom. The van der Waals surface area contributed by atoms with Crippen molar-refractivity contribution >= 4 is 70.5 Å². The van der Waals surface area contributed by atoms with E-state index in [-0.39, 0.29) is 4.90 Å². The molecule has 2 aromatic heterocycles. The molecule has 0 saturated heterocycles.